The van der Waals surface area contributed by atoms with E-state index in [1.165, 1.54) is 11.3 Å². The van der Waals surface area contributed by atoms with Crippen LogP contribution in [-0.2, 0) is 30.6 Å². The van der Waals surface area contributed by atoms with Crippen molar-refractivity contribution in [3.8, 4) is 5.75 Å². The van der Waals surface area contributed by atoms with Crippen LogP contribution in [0.3, 0.4) is 0 Å². The van der Waals surface area contributed by atoms with Gasteiger partial charge in [-0.3, -0.25) is 9.59 Å². The molecule has 0 saturated carbocycles. The van der Waals surface area contributed by atoms with Crippen molar-refractivity contribution < 1.29 is 23.8 Å². The van der Waals surface area contributed by atoms with Crippen molar-refractivity contribution in [3.05, 3.63) is 92.9 Å². The number of ether oxygens (including phenoxy) is 1. The first-order valence-electron chi connectivity index (χ1n) is 11.9. The van der Waals surface area contributed by atoms with Crippen LogP contribution < -0.4 is 10.1 Å². The number of hydrogen-bond donors (Lipinski definition) is 2. The molecule has 0 aliphatic heterocycles. The molecule has 0 fully saturated rings. The summed E-state index contributed by atoms with van der Waals surface area (Å²) in [4.78, 5) is 28.2. The number of hydrogen-bond acceptors (Lipinski definition) is 6. The Morgan fingerprint density at radius 3 is 2.75 bits per heavy atom. The number of carbonyl (C=O) groups excluding carboxylic acids is 1. The summed E-state index contributed by atoms with van der Waals surface area (Å²) in [5.41, 5.74) is 4.15. The van der Waals surface area contributed by atoms with E-state index in [-0.39, 0.29) is 18.9 Å². The van der Waals surface area contributed by atoms with E-state index in [2.05, 4.69) is 10.3 Å². The number of carboxylic acid groups (broad SMARTS) is 1. The minimum Gasteiger partial charge on any atom is -0.493 e. The molecule has 2 aromatic heterocycles. The molecule has 8 heteroatoms. The van der Waals surface area contributed by atoms with Gasteiger partial charge in [-0.1, -0.05) is 30.4 Å². The third-order valence-electron chi connectivity index (χ3n) is 5.75. The van der Waals surface area contributed by atoms with Gasteiger partial charge in [-0.25, -0.2) is 4.98 Å². The minimum atomic E-state index is -0.846. The lowest BCUT2D eigenvalue weighted by Crippen LogP contribution is -2.23. The molecule has 3 rings (SSSR count). The van der Waals surface area contributed by atoms with Gasteiger partial charge < -0.3 is 19.6 Å². The van der Waals surface area contributed by atoms with Crippen molar-refractivity contribution in [1.29, 1.82) is 0 Å². The fourth-order valence-electron chi connectivity index (χ4n) is 3.74. The van der Waals surface area contributed by atoms with Gasteiger partial charge >= 0.3 is 5.97 Å². The van der Waals surface area contributed by atoms with Gasteiger partial charge in [0.25, 0.3) is 5.91 Å². The number of nitrogens with one attached hydrogen (secondary N) is 1. The van der Waals surface area contributed by atoms with Gasteiger partial charge in [0, 0.05) is 42.3 Å². The summed E-state index contributed by atoms with van der Waals surface area (Å²) >= 11 is 1.46. The number of carboxylic acids is 1. The summed E-state index contributed by atoms with van der Waals surface area (Å²) in [6, 6.07) is 5.52. The van der Waals surface area contributed by atoms with Crippen LogP contribution in [0.5, 0.6) is 5.75 Å². The van der Waals surface area contributed by atoms with Crippen LogP contribution >= 0.6 is 11.3 Å². The number of nitrogens with zero attached hydrogens (tertiary/aromatic N) is 1. The lowest BCUT2D eigenvalue weighted by atomic mass is 9.97. The van der Waals surface area contributed by atoms with E-state index >= 15 is 0 Å². The molecule has 36 heavy (non-hydrogen) atoms. The van der Waals surface area contributed by atoms with Crippen LogP contribution in [0.25, 0.3) is 0 Å². The van der Waals surface area contributed by atoms with Crippen molar-refractivity contribution in [2.75, 3.05) is 6.61 Å². The Bertz CT molecular complexity index is 1230. The summed E-state index contributed by atoms with van der Waals surface area (Å²) in [7, 11) is 0. The van der Waals surface area contributed by atoms with Crippen molar-refractivity contribution in [1.82, 2.24) is 10.3 Å². The lowest BCUT2D eigenvalue weighted by Gasteiger charge is -2.17. The average molecular weight is 509 g/mol. The van der Waals surface area contributed by atoms with Gasteiger partial charge in [0.15, 0.2) is 5.89 Å². The number of amides is 1. The van der Waals surface area contributed by atoms with Crippen LogP contribution in [0.1, 0.15) is 57.7 Å². The van der Waals surface area contributed by atoms with Crippen molar-refractivity contribution >= 4 is 23.2 Å². The molecule has 0 aliphatic carbocycles. The second kappa shape index (κ2) is 13.4. The smallest absolute Gasteiger partial charge is 0.303 e. The normalized spacial score (nSPS) is 11.4. The number of oxazole rings is 1. The number of aromatic nitrogens is 1. The summed E-state index contributed by atoms with van der Waals surface area (Å²) in [6.07, 6.45) is 9.53. The van der Waals surface area contributed by atoms with Crippen LogP contribution in [0.15, 0.2) is 57.7 Å². The van der Waals surface area contributed by atoms with Crippen LogP contribution in [-0.4, -0.2) is 28.6 Å². The van der Waals surface area contributed by atoms with Gasteiger partial charge in [0.05, 0.1) is 12.3 Å². The fraction of sp³-hybridized carbons (Fsp3) is 0.321. The standard InChI is InChI=1S/C28H32N2O5S/c1-4-5-6-7-8-26-30-24(20(3)35-26)13-15-34-25-11-9-21(10-12-27(31)32)19(2)23(25)17-29-28(33)22-14-16-36-18-22/h4-7,9,11,14,16,18H,8,10,12-13,15,17H2,1-3H3,(H,29,33)(H,31,32)/b5-4-,7-6-. The number of thiophene rings is 1. The van der Waals surface area contributed by atoms with Crippen LogP contribution in [0, 0.1) is 13.8 Å². The summed E-state index contributed by atoms with van der Waals surface area (Å²) in [5, 5.41) is 15.7. The Balaban J connectivity index is 1.70. The number of rotatable bonds is 13. The first kappa shape index (κ1) is 26.9. The quantitative estimate of drug-likeness (QED) is 0.292. The van der Waals surface area contributed by atoms with Gasteiger partial charge in [-0.2, -0.15) is 11.3 Å². The first-order valence-corrected chi connectivity index (χ1v) is 12.8. The summed E-state index contributed by atoms with van der Waals surface area (Å²) in [5.74, 6) is 1.09. The first-order chi connectivity index (χ1) is 17.4. The summed E-state index contributed by atoms with van der Waals surface area (Å²) in [6.45, 7) is 6.47. The molecule has 1 aromatic carbocycles. The molecule has 2 N–H and O–H groups in total. The molecular weight excluding hydrogens is 476 g/mol. The number of aryl methyl sites for hydroxylation is 2. The van der Waals surface area contributed by atoms with Crippen LogP contribution in [0.2, 0.25) is 0 Å². The molecular formula is C28H32N2O5S. The fourth-order valence-corrected chi connectivity index (χ4v) is 4.37. The minimum absolute atomic E-state index is 0.0411. The van der Waals surface area contributed by atoms with Gasteiger partial charge in [0.2, 0.25) is 0 Å². The summed E-state index contributed by atoms with van der Waals surface area (Å²) < 4.78 is 11.9. The third kappa shape index (κ3) is 7.68. The van der Waals surface area contributed by atoms with Gasteiger partial charge in [0.1, 0.15) is 11.5 Å². The van der Waals surface area contributed by atoms with Gasteiger partial charge in [-0.05, 0) is 55.8 Å². The van der Waals surface area contributed by atoms with E-state index in [9.17, 15) is 9.59 Å². The van der Waals surface area contributed by atoms with Crippen molar-refractivity contribution in [2.24, 2.45) is 0 Å². The zero-order chi connectivity index (χ0) is 25.9. The van der Waals surface area contributed by atoms with Crippen LogP contribution in [0.4, 0.5) is 0 Å². The molecule has 0 atom stereocenters. The van der Waals surface area contributed by atoms with E-state index in [0.717, 1.165) is 28.1 Å². The number of allylic oxidation sites excluding steroid dienone is 4. The number of aliphatic carboxylic acids is 1. The Morgan fingerprint density at radius 1 is 1.19 bits per heavy atom. The second-order valence-corrected chi connectivity index (χ2v) is 9.06. The maximum atomic E-state index is 12.5. The highest BCUT2D eigenvalue weighted by Gasteiger charge is 2.15. The van der Waals surface area contributed by atoms with E-state index in [4.69, 9.17) is 14.3 Å². The van der Waals surface area contributed by atoms with Crippen molar-refractivity contribution in [2.45, 2.75) is 53.0 Å². The lowest BCUT2D eigenvalue weighted by molar-refractivity contribution is -0.136. The largest absolute Gasteiger partial charge is 0.493 e. The van der Waals surface area contributed by atoms with E-state index in [1.54, 1.807) is 11.4 Å². The molecule has 0 radical (unpaired) electrons. The molecule has 0 saturated heterocycles. The molecule has 2 heterocycles. The van der Waals surface area contributed by atoms with E-state index in [0.29, 0.717) is 43.1 Å². The zero-order valence-electron chi connectivity index (χ0n) is 20.9. The predicted octanol–water partition coefficient (Wildman–Crippen LogP) is 5.60. The zero-order valence-corrected chi connectivity index (χ0v) is 21.7. The highest BCUT2D eigenvalue weighted by molar-refractivity contribution is 7.08. The number of carbonyl (C=O) groups is 2. The highest BCUT2D eigenvalue weighted by Crippen LogP contribution is 2.27. The number of benzene rings is 1. The van der Waals surface area contributed by atoms with E-state index in [1.807, 2.05) is 62.6 Å². The molecule has 0 aliphatic rings. The molecule has 0 unspecified atom stereocenters. The topological polar surface area (TPSA) is 102 Å². The van der Waals surface area contributed by atoms with Crippen molar-refractivity contribution in [3.63, 3.8) is 0 Å². The molecule has 0 bridgehead atoms. The predicted molar refractivity (Wildman–Crippen MR) is 141 cm³/mol. The third-order valence-corrected chi connectivity index (χ3v) is 6.43. The monoisotopic (exact) mass is 508 g/mol. The Morgan fingerprint density at radius 2 is 2.03 bits per heavy atom. The highest BCUT2D eigenvalue weighted by atomic mass is 32.1. The second-order valence-electron chi connectivity index (χ2n) is 8.28. The SMILES string of the molecule is C/C=C\C=C/Cc1nc(CCOc2ccc(CCC(=O)O)c(C)c2CNC(=O)c2ccsc2)c(C)o1. The Kier molecular flexibility index (Phi) is 10.1. The maximum Gasteiger partial charge on any atom is 0.303 e. The molecule has 7 nitrogen and oxygen atoms in total. The molecule has 0 spiro atoms. The van der Waals surface area contributed by atoms with E-state index < -0.39 is 5.97 Å². The Labute approximate surface area is 215 Å². The molecule has 190 valence electrons. The molecule has 3 aromatic rings. The maximum absolute atomic E-state index is 12.5. The Hall–Kier alpha value is -3.65. The molecule has 1 amide bonds. The van der Waals surface area contributed by atoms with Gasteiger partial charge in [-0.15, -0.1) is 0 Å². The average Bonchev–Trinajstić information content (AvgIpc) is 3.51.